The number of urea groups is 1. The van der Waals surface area contributed by atoms with Gasteiger partial charge in [-0.2, -0.15) is 0 Å². The van der Waals surface area contributed by atoms with E-state index in [1.807, 2.05) is 4.90 Å². The van der Waals surface area contributed by atoms with Crippen molar-refractivity contribution in [1.82, 2.24) is 9.80 Å². The molecule has 128 valence electrons. The maximum absolute atomic E-state index is 12.8. The van der Waals surface area contributed by atoms with Gasteiger partial charge in [0.2, 0.25) is 0 Å². The van der Waals surface area contributed by atoms with Crippen LogP contribution in [-0.2, 0) is 9.53 Å². The molecular weight excluding hydrogens is 294 g/mol. The summed E-state index contributed by atoms with van der Waals surface area (Å²) in [6, 6.07) is 0.191. The highest BCUT2D eigenvalue weighted by Crippen LogP contribution is 2.61. The summed E-state index contributed by atoms with van der Waals surface area (Å²) in [5.41, 5.74) is 5.70. The lowest BCUT2D eigenvalue weighted by Crippen LogP contribution is -2.65. The summed E-state index contributed by atoms with van der Waals surface area (Å²) in [6.45, 7) is 2.13. The topological polar surface area (TPSA) is 75.9 Å². The Morgan fingerprint density at radius 2 is 1.91 bits per heavy atom. The van der Waals surface area contributed by atoms with E-state index in [9.17, 15) is 9.59 Å². The van der Waals surface area contributed by atoms with E-state index < -0.39 is 5.54 Å². The predicted octanol–water partition coefficient (Wildman–Crippen LogP) is 1.34. The van der Waals surface area contributed by atoms with Crippen LogP contribution >= 0.6 is 0 Å². The van der Waals surface area contributed by atoms with Gasteiger partial charge in [-0.25, -0.2) is 4.79 Å². The number of nitrogens with two attached hydrogens (primary N) is 1. The van der Waals surface area contributed by atoms with E-state index in [0.717, 1.165) is 51.6 Å². The maximum Gasteiger partial charge on any atom is 0.327 e. The fraction of sp³-hybridized carbons (Fsp3) is 0.882. The van der Waals surface area contributed by atoms with Gasteiger partial charge in [-0.15, -0.1) is 0 Å². The minimum Gasteiger partial charge on any atom is -0.381 e. The molecule has 0 aromatic rings. The maximum atomic E-state index is 12.8. The van der Waals surface area contributed by atoms with Gasteiger partial charge in [0, 0.05) is 32.2 Å². The summed E-state index contributed by atoms with van der Waals surface area (Å²) in [5, 5.41) is 0. The molecule has 3 amide bonds. The number of hydrogen-bond donors (Lipinski definition) is 1. The van der Waals surface area contributed by atoms with E-state index >= 15 is 0 Å². The number of carbonyl (C=O) groups excluding carboxylic acids is 2. The Kier molecular flexibility index (Phi) is 3.47. The molecule has 6 heteroatoms. The van der Waals surface area contributed by atoms with Crippen LogP contribution in [0.1, 0.15) is 44.9 Å². The van der Waals surface area contributed by atoms with E-state index in [0.29, 0.717) is 25.1 Å². The second kappa shape index (κ2) is 5.18. The molecule has 4 aliphatic rings. The zero-order valence-corrected chi connectivity index (χ0v) is 13.9. The lowest BCUT2D eigenvalue weighted by molar-refractivity contribution is -0.149. The van der Waals surface area contributed by atoms with Gasteiger partial charge < -0.3 is 15.4 Å². The number of likely N-dealkylation sites (N-methyl/N-ethyl adjacent to an activating group) is 1. The first-order chi connectivity index (χ1) is 11.0. The van der Waals surface area contributed by atoms with Crippen LogP contribution in [0.4, 0.5) is 4.79 Å². The lowest BCUT2D eigenvalue weighted by Gasteiger charge is -2.58. The van der Waals surface area contributed by atoms with Crippen molar-refractivity contribution in [2.24, 2.45) is 17.1 Å². The average molecular weight is 321 g/mol. The monoisotopic (exact) mass is 321 g/mol. The first kappa shape index (κ1) is 15.4. The summed E-state index contributed by atoms with van der Waals surface area (Å²) in [5.74, 6) is 0.369. The molecule has 1 atom stereocenters. The first-order valence-corrected chi connectivity index (χ1v) is 8.89. The van der Waals surface area contributed by atoms with E-state index in [4.69, 9.17) is 10.5 Å². The summed E-state index contributed by atoms with van der Waals surface area (Å²) in [6.07, 6.45) is 6.93. The second-order valence-corrected chi connectivity index (χ2v) is 8.21. The van der Waals surface area contributed by atoms with Crippen molar-refractivity contribution < 1.29 is 14.3 Å². The molecule has 4 fully saturated rings. The number of nitrogens with zero attached hydrogens (tertiary/aromatic N) is 2. The minimum absolute atomic E-state index is 0.00177. The smallest absolute Gasteiger partial charge is 0.327 e. The number of hydrogen-bond acceptors (Lipinski definition) is 4. The van der Waals surface area contributed by atoms with Crippen LogP contribution in [0.3, 0.4) is 0 Å². The Morgan fingerprint density at radius 1 is 1.22 bits per heavy atom. The van der Waals surface area contributed by atoms with Crippen molar-refractivity contribution in [2.75, 3.05) is 26.8 Å². The molecule has 0 radical (unpaired) electrons. The fourth-order valence-corrected chi connectivity index (χ4v) is 5.25. The third kappa shape index (κ3) is 2.22. The summed E-state index contributed by atoms with van der Waals surface area (Å²) >= 11 is 0. The largest absolute Gasteiger partial charge is 0.381 e. The predicted molar refractivity (Wildman–Crippen MR) is 84.6 cm³/mol. The minimum atomic E-state index is -0.574. The molecule has 2 heterocycles. The number of ether oxygens (including phenoxy) is 1. The van der Waals surface area contributed by atoms with Gasteiger partial charge in [0.25, 0.3) is 5.91 Å². The van der Waals surface area contributed by atoms with Crippen molar-refractivity contribution in [1.29, 1.82) is 0 Å². The molecule has 6 nitrogen and oxygen atoms in total. The Labute approximate surface area is 137 Å². The highest BCUT2D eigenvalue weighted by molar-refractivity contribution is 6.07. The van der Waals surface area contributed by atoms with Gasteiger partial charge in [-0.3, -0.25) is 9.69 Å². The molecule has 0 aromatic heterocycles. The Hall–Kier alpha value is -1.14. The molecule has 2 aliphatic carbocycles. The van der Waals surface area contributed by atoms with Crippen molar-refractivity contribution in [3.8, 4) is 0 Å². The van der Waals surface area contributed by atoms with Crippen molar-refractivity contribution in [3.63, 3.8) is 0 Å². The number of carbonyl (C=O) groups is 2. The third-order valence-electron chi connectivity index (χ3n) is 6.63. The molecule has 2 saturated heterocycles. The van der Waals surface area contributed by atoms with E-state index in [1.54, 1.807) is 7.05 Å². The first-order valence-electron chi connectivity index (χ1n) is 8.89. The number of rotatable bonds is 2. The van der Waals surface area contributed by atoms with Crippen LogP contribution in [0.25, 0.3) is 0 Å². The standard InChI is InChI=1S/C17H27N3O3/c1-19-14(21)17(10-16(11-17)5-2-13(18)3-6-16)20(15(19)22)8-12-4-7-23-9-12/h12-13H,2-11,18H2,1H3/t12-,13?,16?,17?/m1/s1. The van der Waals surface area contributed by atoms with E-state index in [1.165, 1.54) is 4.90 Å². The average Bonchev–Trinajstić information content (AvgIpc) is 3.08. The van der Waals surface area contributed by atoms with Gasteiger partial charge in [-0.05, 0) is 50.4 Å². The normalized spacial score (nSPS) is 43.7. The Morgan fingerprint density at radius 3 is 2.52 bits per heavy atom. The quantitative estimate of drug-likeness (QED) is 0.779. The molecule has 2 aliphatic heterocycles. The van der Waals surface area contributed by atoms with E-state index in [-0.39, 0.29) is 17.4 Å². The van der Waals surface area contributed by atoms with Crippen molar-refractivity contribution >= 4 is 11.9 Å². The molecule has 2 N–H and O–H groups in total. The summed E-state index contributed by atoms with van der Waals surface area (Å²) in [4.78, 5) is 28.6. The summed E-state index contributed by atoms with van der Waals surface area (Å²) < 4.78 is 5.45. The SMILES string of the molecule is CN1C(=O)N(C[C@H]2CCOC2)C2(CC3(CCC(N)CC3)C2)C1=O. The van der Waals surface area contributed by atoms with Crippen LogP contribution < -0.4 is 5.73 Å². The van der Waals surface area contributed by atoms with Gasteiger partial charge >= 0.3 is 6.03 Å². The van der Waals surface area contributed by atoms with Gasteiger partial charge in [0.1, 0.15) is 5.54 Å². The van der Waals surface area contributed by atoms with Gasteiger partial charge in [-0.1, -0.05) is 0 Å². The Balaban J connectivity index is 1.53. The lowest BCUT2D eigenvalue weighted by atomic mass is 9.51. The van der Waals surface area contributed by atoms with Gasteiger partial charge in [0.05, 0.1) is 6.61 Å². The summed E-state index contributed by atoms with van der Waals surface area (Å²) in [7, 11) is 1.62. The molecule has 2 saturated carbocycles. The van der Waals surface area contributed by atoms with Crippen LogP contribution in [0.15, 0.2) is 0 Å². The highest BCUT2D eigenvalue weighted by Gasteiger charge is 2.67. The van der Waals surface area contributed by atoms with Crippen molar-refractivity contribution in [3.05, 3.63) is 0 Å². The van der Waals surface area contributed by atoms with Crippen LogP contribution in [0.5, 0.6) is 0 Å². The molecular formula is C17H27N3O3. The Bertz CT molecular complexity index is 513. The van der Waals surface area contributed by atoms with E-state index in [2.05, 4.69) is 0 Å². The fourth-order valence-electron chi connectivity index (χ4n) is 5.25. The van der Waals surface area contributed by atoms with Crippen LogP contribution in [-0.4, -0.2) is 60.1 Å². The number of amides is 3. The van der Waals surface area contributed by atoms with Crippen molar-refractivity contribution in [2.45, 2.75) is 56.5 Å². The molecule has 0 aromatic carbocycles. The second-order valence-electron chi connectivity index (χ2n) is 8.21. The van der Waals surface area contributed by atoms with Crippen LogP contribution in [0.2, 0.25) is 0 Å². The molecule has 4 rings (SSSR count). The molecule has 0 unspecified atom stereocenters. The molecule has 2 spiro atoms. The zero-order valence-electron chi connectivity index (χ0n) is 13.9. The molecule has 23 heavy (non-hydrogen) atoms. The van der Waals surface area contributed by atoms with Gasteiger partial charge in [0.15, 0.2) is 0 Å². The molecule has 0 bridgehead atoms. The number of imide groups is 1. The highest BCUT2D eigenvalue weighted by atomic mass is 16.5. The zero-order chi connectivity index (χ0) is 16.2. The van der Waals surface area contributed by atoms with Crippen LogP contribution in [0, 0.1) is 11.3 Å². The third-order valence-corrected chi connectivity index (χ3v) is 6.63.